The van der Waals surface area contributed by atoms with E-state index in [1.54, 1.807) is 0 Å². The molecule has 1 aromatic heterocycles. The van der Waals surface area contributed by atoms with Crippen LogP contribution in [0, 0.1) is 0 Å². The molecule has 0 saturated carbocycles. The molecule has 5 heteroatoms. The molecule has 0 radical (unpaired) electrons. The van der Waals surface area contributed by atoms with Gasteiger partial charge in [0.15, 0.2) is 0 Å². The molecule has 1 fully saturated rings. The molecule has 0 aliphatic carbocycles. The summed E-state index contributed by atoms with van der Waals surface area (Å²) in [6.45, 7) is 5.19. The van der Waals surface area contributed by atoms with Crippen LogP contribution in [-0.2, 0) is 13.2 Å². The maximum Gasteiger partial charge on any atom is 0.233 e. The van der Waals surface area contributed by atoms with E-state index in [1.807, 2.05) is 49.4 Å². The molecule has 29 heavy (non-hydrogen) atoms. The van der Waals surface area contributed by atoms with Gasteiger partial charge in [0.1, 0.15) is 6.61 Å². The molecule has 0 amide bonds. The number of rotatable bonds is 6. The molecule has 150 valence electrons. The molecular weight excluding hydrogens is 362 g/mol. The van der Waals surface area contributed by atoms with Crippen LogP contribution in [0.4, 0.5) is 0 Å². The van der Waals surface area contributed by atoms with E-state index in [9.17, 15) is 5.11 Å². The summed E-state index contributed by atoms with van der Waals surface area (Å²) in [6, 6.07) is 22.3. The minimum Gasteiger partial charge on any atom is -0.472 e. The molecule has 0 atom stereocenters. The van der Waals surface area contributed by atoms with Crippen molar-refractivity contribution in [2.75, 3.05) is 13.1 Å². The number of aromatic nitrogens is 2. The van der Waals surface area contributed by atoms with Gasteiger partial charge in [-0.15, -0.1) is 10.2 Å². The molecule has 5 nitrogen and oxygen atoms in total. The zero-order valence-electron chi connectivity index (χ0n) is 16.8. The molecule has 1 aliphatic rings. The van der Waals surface area contributed by atoms with Crippen LogP contribution < -0.4 is 4.74 Å². The Hall–Kier alpha value is -2.76. The smallest absolute Gasteiger partial charge is 0.233 e. The first-order chi connectivity index (χ1) is 14.1. The second-order valence-corrected chi connectivity index (χ2v) is 8.00. The average molecular weight is 389 g/mol. The quantitative estimate of drug-likeness (QED) is 0.689. The summed E-state index contributed by atoms with van der Waals surface area (Å²) in [6.07, 6.45) is 1.67. The van der Waals surface area contributed by atoms with E-state index in [0.29, 0.717) is 12.5 Å². The number of aliphatic hydroxyl groups is 1. The number of ether oxygens (including phenoxy) is 1. The van der Waals surface area contributed by atoms with Gasteiger partial charge in [0.05, 0.1) is 11.3 Å². The number of likely N-dealkylation sites (tertiary alicyclic amines) is 1. The fourth-order valence-corrected chi connectivity index (χ4v) is 3.51. The Balaban J connectivity index is 1.33. The Kier molecular flexibility index (Phi) is 5.88. The van der Waals surface area contributed by atoms with E-state index in [0.717, 1.165) is 49.3 Å². The minimum absolute atomic E-state index is 0.482. The SMILES string of the molecule is CC1(O)CCN(Cc2ccc(-c3ccc(OCc4ccccc4)nn3)cc2)CC1. The molecule has 2 aromatic carbocycles. The van der Waals surface area contributed by atoms with Gasteiger partial charge in [0.25, 0.3) is 0 Å². The molecule has 0 bridgehead atoms. The van der Waals surface area contributed by atoms with Crippen LogP contribution in [0.2, 0.25) is 0 Å². The van der Waals surface area contributed by atoms with Crippen LogP contribution in [0.15, 0.2) is 66.7 Å². The van der Waals surface area contributed by atoms with Crippen molar-refractivity contribution < 1.29 is 9.84 Å². The largest absolute Gasteiger partial charge is 0.472 e. The van der Waals surface area contributed by atoms with Crippen molar-refractivity contribution in [1.29, 1.82) is 0 Å². The van der Waals surface area contributed by atoms with Crippen LogP contribution in [0.25, 0.3) is 11.3 Å². The summed E-state index contributed by atoms with van der Waals surface area (Å²) in [5.41, 5.74) is 3.74. The lowest BCUT2D eigenvalue weighted by Gasteiger charge is -2.35. The third-order valence-electron chi connectivity index (χ3n) is 5.46. The molecule has 3 aromatic rings. The Bertz CT molecular complexity index is 899. The highest BCUT2D eigenvalue weighted by Crippen LogP contribution is 2.24. The lowest BCUT2D eigenvalue weighted by atomic mass is 9.93. The summed E-state index contributed by atoms with van der Waals surface area (Å²) in [7, 11) is 0. The van der Waals surface area contributed by atoms with Gasteiger partial charge in [-0.3, -0.25) is 4.90 Å². The van der Waals surface area contributed by atoms with Gasteiger partial charge in [-0.05, 0) is 37.0 Å². The topological polar surface area (TPSA) is 58.5 Å². The molecule has 2 heterocycles. The van der Waals surface area contributed by atoms with Crippen LogP contribution in [0.5, 0.6) is 5.88 Å². The maximum absolute atomic E-state index is 10.1. The molecular formula is C24H27N3O2. The number of hydrogen-bond donors (Lipinski definition) is 1. The number of nitrogens with zero attached hydrogens (tertiary/aromatic N) is 3. The van der Waals surface area contributed by atoms with Gasteiger partial charge >= 0.3 is 0 Å². The highest BCUT2D eigenvalue weighted by molar-refractivity contribution is 5.59. The van der Waals surface area contributed by atoms with Crippen LogP contribution in [0.1, 0.15) is 30.9 Å². The lowest BCUT2D eigenvalue weighted by Crippen LogP contribution is -2.41. The Morgan fingerprint density at radius 2 is 1.62 bits per heavy atom. The Labute approximate surface area is 172 Å². The lowest BCUT2D eigenvalue weighted by molar-refractivity contribution is -0.00729. The van der Waals surface area contributed by atoms with Gasteiger partial charge in [-0.2, -0.15) is 0 Å². The highest BCUT2D eigenvalue weighted by Gasteiger charge is 2.27. The first-order valence-electron chi connectivity index (χ1n) is 10.1. The fourth-order valence-electron chi connectivity index (χ4n) is 3.51. The summed E-state index contributed by atoms with van der Waals surface area (Å²) < 4.78 is 5.70. The second kappa shape index (κ2) is 8.72. The zero-order chi connectivity index (χ0) is 20.1. The second-order valence-electron chi connectivity index (χ2n) is 8.00. The molecule has 0 spiro atoms. The molecule has 0 unspecified atom stereocenters. The average Bonchev–Trinajstić information content (AvgIpc) is 2.75. The normalized spacial score (nSPS) is 16.5. The molecule has 1 aliphatic heterocycles. The van der Waals surface area contributed by atoms with Crippen molar-refractivity contribution in [3.8, 4) is 17.1 Å². The number of benzene rings is 2. The Morgan fingerprint density at radius 3 is 2.28 bits per heavy atom. The van der Waals surface area contributed by atoms with E-state index in [2.05, 4.69) is 39.4 Å². The molecule has 4 rings (SSSR count). The van der Waals surface area contributed by atoms with Crippen molar-refractivity contribution >= 4 is 0 Å². The standard InChI is InChI=1S/C24H27N3O2/c1-24(28)13-15-27(16-14-24)17-19-7-9-21(10-8-19)22-11-12-23(26-25-22)29-18-20-5-3-2-4-6-20/h2-12,28H,13-18H2,1H3. The third-order valence-corrected chi connectivity index (χ3v) is 5.46. The van der Waals surface area contributed by atoms with Gasteiger partial charge in [-0.1, -0.05) is 54.6 Å². The minimum atomic E-state index is -0.504. The van der Waals surface area contributed by atoms with Gasteiger partial charge in [0, 0.05) is 31.3 Å². The van der Waals surface area contributed by atoms with E-state index >= 15 is 0 Å². The zero-order valence-corrected chi connectivity index (χ0v) is 16.8. The van der Waals surface area contributed by atoms with E-state index in [-0.39, 0.29) is 0 Å². The monoisotopic (exact) mass is 389 g/mol. The fraction of sp³-hybridized carbons (Fsp3) is 0.333. The maximum atomic E-state index is 10.1. The van der Waals surface area contributed by atoms with Crippen LogP contribution in [-0.4, -0.2) is 38.9 Å². The van der Waals surface area contributed by atoms with Crippen LogP contribution >= 0.6 is 0 Å². The molecule has 1 saturated heterocycles. The highest BCUT2D eigenvalue weighted by atomic mass is 16.5. The van der Waals surface area contributed by atoms with Crippen molar-refractivity contribution in [1.82, 2.24) is 15.1 Å². The van der Waals surface area contributed by atoms with Crippen LogP contribution in [0.3, 0.4) is 0 Å². The first-order valence-corrected chi connectivity index (χ1v) is 10.1. The first kappa shape index (κ1) is 19.6. The van der Waals surface area contributed by atoms with E-state index in [4.69, 9.17) is 4.74 Å². The van der Waals surface area contributed by atoms with Crippen molar-refractivity contribution in [2.24, 2.45) is 0 Å². The number of hydrogen-bond acceptors (Lipinski definition) is 5. The van der Waals surface area contributed by atoms with Gasteiger partial charge in [0.2, 0.25) is 5.88 Å². The number of piperidine rings is 1. The van der Waals surface area contributed by atoms with Crippen molar-refractivity contribution in [3.05, 3.63) is 77.9 Å². The Morgan fingerprint density at radius 1 is 0.897 bits per heavy atom. The van der Waals surface area contributed by atoms with Crippen molar-refractivity contribution in [2.45, 2.75) is 38.5 Å². The van der Waals surface area contributed by atoms with E-state index < -0.39 is 5.60 Å². The van der Waals surface area contributed by atoms with Gasteiger partial charge in [-0.25, -0.2) is 0 Å². The third kappa shape index (κ3) is 5.40. The van der Waals surface area contributed by atoms with Gasteiger partial charge < -0.3 is 9.84 Å². The molecule has 1 N–H and O–H groups in total. The summed E-state index contributed by atoms with van der Waals surface area (Å²) in [4.78, 5) is 2.39. The summed E-state index contributed by atoms with van der Waals surface area (Å²) in [5.74, 6) is 0.523. The summed E-state index contributed by atoms with van der Waals surface area (Å²) >= 11 is 0. The van der Waals surface area contributed by atoms with E-state index in [1.165, 1.54) is 5.56 Å². The predicted molar refractivity (Wildman–Crippen MR) is 113 cm³/mol. The van der Waals surface area contributed by atoms with Crippen molar-refractivity contribution in [3.63, 3.8) is 0 Å². The predicted octanol–water partition coefficient (Wildman–Crippen LogP) is 4.07. The summed E-state index contributed by atoms with van der Waals surface area (Å²) in [5, 5.41) is 18.6.